The maximum absolute atomic E-state index is 11.6. The van der Waals surface area contributed by atoms with Crippen LogP contribution in [0.1, 0.15) is 50.3 Å². The quantitative estimate of drug-likeness (QED) is 0.826. The fourth-order valence-corrected chi connectivity index (χ4v) is 3.29. The highest BCUT2D eigenvalue weighted by molar-refractivity contribution is 7.86. The van der Waals surface area contributed by atoms with Crippen molar-refractivity contribution in [2.75, 3.05) is 0 Å². The van der Waals surface area contributed by atoms with Gasteiger partial charge in [-0.15, -0.1) is 0 Å². The highest BCUT2D eigenvalue weighted by atomic mass is 32.2. The predicted molar refractivity (Wildman–Crippen MR) is 90.6 cm³/mol. The Bertz CT molecular complexity index is 806. The molecule has 0 heterocycles. The fourth-order valence-electron chi connectivity index (χ4n) is 2.65. The molecule has 0 unspecified atom stereocenters. The van der Waals surface area contributed by atoms with Gasteiger partial charge in [0.25, 0.3) is 10.1 Å². The van der Waals surface area contributed by atoms with E-state index < -0.39 is 26.2 Å². The number of hydrogen-bond acceptors (Lipinski definition) is 3. The normalized spacial score (nSPS) is 12.6. The molecule has 2 N–H and O–H groups in total. The standard InChI is InChI=1S/C18H22O4S/c1-12(2)13-10-15(17(19)16(11-13)23(20,21)22)18(3,4)14-8-6-5-7-9-14/h5-12,19H,1-4H3,(H,20,21,22). The first-order chi connectivity index (χ1) is 10.5. The molecule has 0 saturated heterocycles. The van der Waals surface area contributed by atoms with Gasteiger partial charge in [-0.25, -0.2) is 0 Å². The van der Waals surface area contributed by atoms with E-state index in [0.717, 1.165) is 11.1 Å². The molecule has 2 aromatic carbocycles. The van der Waals surface area contributed by atoms with E-state index in [0.29, 0.717) is 5.56 Å². The molecular formula is C18H22O4S. The maximum Gasteiger partial charge on any atom is 0.298 e. The molecule has 0 aromatic heterocycles. The second-order valence-corrected chi connectivity index (χ2v) is 7.93. The van der Waals surface area contributed by atoms with Crippen LogP contribution in [0.4, 0.5) is 0 Å². The second kappa shape index (κ2) is 5.98. The molecule has 0 atom stereocenters. The third kappa shape index (κ3) is 3.41. The summed E-state index contributed by atoms with van der Waals surface area (Å²) in [6, 6.07) is 12.7. The molecule has 2 rings (SSSR count). The Balaban J connectivity index is 2.78. The van der Waals surface area contributed by atoms with Crippen LogP contribution in [0.2, 0.25) is 0 Å². The largest absolute Gasteiger partial charge is 0.506 e. The highest BCUT2D eigenvalue weighted by Gasteiger charge is 2.31. The Labute approximate surface area is 137 Å². The third-order valence-corrected chi connectivity index (χ3v) is 5.08. The minimum atomic E-state index is -4.50. The number of aromatic hydroxyl groups is 1. The molecule has 2 aromatic rings. The van der Waals surface area contributed by atoms with E-state index in [1.807, 2.05) is 64.1 Å². The summed E-state index contributed by atoms with van der Waals surface area (Å²) in [6.07, 6.45) is 0. The van der Waals surface area contributed by atoms with E-state index in [9.17, 15) is 18.1 Å². The van der Waals surface area contributed by atoms with Gasteiger partial charge in [-0.05, 0) is 23.1 Å². The maximum atomic E-state index is 11.6. The first-order valence-electron chi connectivity index (χ1n) is 7.45. The Morgan fingerprint density at radius 2 is 1.61 bits per heavy atom. The van der Waals surface area contributed by atoms with Crippen LogP contribution >= 0.6 is 0 Å². The molecule has 0 spiro atoms. The lowest BCUT2D eigenvalue weighted by molar-refractivity contribution is 0.426. The molecule has 0 saturated carbocycles. The number of hydrogen-bond donors (Lipinski definition) is 2. The van der Waals surface area contributed by atoms with Crippen LogP contribution in [0.25, 0.3) is 0 Å². The summed E-state index contributed by atoms with van der Waals surface area (Å²) in [5.74, 6) is -0.341. The van der Waals surface area contributed by atoms with Gasteiger partial charge in [0.15, 0.2) is 0 Å². The van der Waals surface area contributed by atoms with Crippen LogP contribution in [-0.4, -0.2) is 18.1 Å². The molecular weight excluding hydrogens is 312 g/mol. The van der Waals surface area contributed by atoms with Crippen molar-refractivity contribution in [2.45, 2.75) is 43.9 Å². The molecule has 0 aliphatic heterocycles. The van der Waals surface area contributed by atoms with Gasteiger partial charge in [0.1, 0.15) is 10.6 Å². The molecule has 0 amide bonds. The molecule has 0 fully saturated rings. The topological polar surface area (TPSA) is 74.6 Å². The molecule has 23 heavy (non-hydrogen) atoms. The van der Waals surface area contributed by atoms with Gasteiger partial charge in [0, 0.05) is 11.0 Å². The summed E-state index contributed by atoms with van der Waals surface area (Å²) in [6.45, 7) is 7.68. The van der Waals surface area contributed by atoms with Crippen molar-refractivity contribution in [1.29, 1.82) is 0 Å². The monoisotopic (exact) mass is 334 g/mol. The van der Waals surface area contributed by atoms with Gasteiger partial charge >= 0.3 is 0 Å². The first-order valence-corrected chi connectivity index (χ1v) is 8.89. The SMILES string of the molecule is CC(C)c1cc(C(C)(C)c2ccccc2)c(O)c(S(=O)(=O)O)c1. The number of phenolic OH excluding ortho intramolecular Hbond substituents is 1. The van der Waals surface area contributed by atoms with Crippen molar-refractivity contribution < 1.29 is 18.1 Å². The average molecular weight is 334 g/mol. The van der Waals surface area contributed by atoms with E-state index in [1.165, 1.54) is 6.07 Å². The molecule has 5 heteroatoms. The summed E-state index contributed by atoms with van der Waals surface area (Å²) < 4.78 is 32.7. The van der Waals surface area contributed by atoms with Crippen LogP contribution in [0.3, 0.4) is 0 Å². The van der Waals surface area contributed by atoms with Crippen molar-refractivity contribution in [3.63, 3.8) is 0 Å². The number of rotatable bonds is 4. The van der Waals surface area contributed by atoms with Gasteiger partial charge in [0.2, 0.25) is 0 Å². The molecule has 0 aliphatic carbocycles. The van der Waals surface area contributed by atoms with Crippen LogP contribution in [0.5, 0.6) is 5.75 Å². The summed E-state index contributed by atoms with van der Waals surface area (Å²) in [5.41, 5.74) is 1.55. The van der Waals surface area contributed by atoms with Crippen LogP contribution < -0.4 is 0 Å². The predicted octanol–water partition coefficient (Wildman–Crippen LogP) is 4.09. The van der Waals surface area contributed by atoms with Gasteiger partial charge in [-0.2, -0.15) is 8.42 Å². The molecule has 4 nitrogen and oxygen atoms in total. The minimum absolute atomic E-state index is 0.0569. The van der Waals surface area contributed by atoms with Gasteiger partial charge in [-0.1, -0.05) is 64.1 Å². The minimum Gasteiger partial charge on any atom is -0.506 e. The Hall–Kier alpha value is -1.85. The van der Waals surface area contributed by atoms with E-state index in [1.54, 1.807) is 0 Å². The Morgan fingerprint density at radius 1 is 1.04 bits per heavy atom. The highest BCUT2D eigenvalue weighted by Crippen LogP contribution is 2.41. The Kier molecular flexibility index (Phi) is 4.55. The zero-order valence-corrected chi connectivity index (χ0v) is 14.6. The summed E-state index contributed by atoms with van der Waals surface area (Å²) in [5, 5.41) is 10.5. The summed E-state index contributed by atoms with van der Waals surface area (Å²) in [7, 11) is -4.50. The molecule has 0 aliphatic rings. The zero-order chi connectivity index (χ0) is 17.4. The van der Waals surface area contributed by atoms with Gasteiger partial charge < -0.3 is 5.11 Å². The lowest BCUT2D eigenvalue weighted by Gasteiger charge is -2.28. The lowest BCUT2D eigenvalue weighted by atomic mass is 9.76. The smallest absolute Gasteiger partial charge is 0.298 e. The van der Waals surface area contributed by atoms with Crippen molar-refractivity contribution in [3.8, 4) is 5.75 Å². The zero-order valence-electron chi connectivity index (χ0n) is 13.7. The number of phenols is 1. The average Bonchev–Trinajstić information content (AvgIpc) is 2.46. The molecule has 0 bridgehead atoms. The molecule has 0 radical (unpaired) electrons. The van der Waals surface area contributed by atoms with Crippen molar-refractivity contribution >= 4 is 10.1 Å². The van der Waals surface area contributed by atoms with Crippen LogP contribution in [0.15, 0.2) is 47.4 Å². The van der Waals surface area contributed by atoms with E-state index >= 15 is 0 Å². The summed E-state index contributed by atoms with van der Waals surface area (Å²) >= 11 is 0. The van der Waals surface area contributed by atoms with Crippen molar-refractivity contribution in [3.05, 3.63) is 59.2 Å². The second-order valence-electron chi connectivity index (χ2n) is 6.54. The van der Waals surface area contributed by atoms with E-state index in [-0.39, 0.29) is 5.92 Å². The fraction of sp³-hybridized carbons (Fsp3) is 0.333. The van der Waals surface area contributed by atoms with Gasteiger partial charge in [-0.3, -0.25) is 4.55 Å². The molecule has 124 valence electrons. The van der Waals surface area contributed by atoms with E-state index in [2.05, 4.69) is 0 Å². The van der Waals surface area contributed by atoms with Crippen molar-refractivity contribution in [2.24, 2.45) is 0 Å². The third-order valence-electron chi connectivity index (χ3n) is 4.21. The van der Waals surface area contributed by atoms with E-state index in [4.69, 9.17) is 0 Å². The Morgan fingerprint density at radius 3 is 2.09 bits per heavy atom. The van der Waals surface area contributed by atoms with Crippen molar-refractivity contribution in [1.82, 2.24) is 0 Å². The van der Waals surface area contributed by atoms with Crippen LogP contribution in [0, 0.1) is 0 Å². The van der Waals surface area contributed by atoms with Crippen LogP contribution in [-0.2, 0) is 15.5 Å². The summed E-state index contributed by atoms with van der Waals surface area (Å²) in [4.78, 5) is -0.442. The van der Waals surface area contributed by atoms with Gasteiger partial charge in [0.05, 0.1) is 0 Å². The first kappa shape index (κ1) is 17.5. The number of benzene rings is 2. The lowest BCUT2D eigenvalue weighted by Crippen LogP contribution is -2.20.